The molecule has 0 amide bonds. The van der Waals surface area contributed by atoms with E-state index in [4.69, 9.17) is 0 Å². The van der Waals surface area contributed by atoms with Gasteiger partial charge < -0.3 is 0 Å². The fourth-order valence-electron chi connectivity index (χ4n) is 0.958. The minimum Gasteiger partial charge on any atom is -0.293 e. The van der Waals surface area contributed by atoms with Crippen molar-refractivity contribution < 1.29 is 9.18 Å². The van der Waals surface area contributed by atoms with Gasteiger partial charge in [0, 0.05) is 0 Å². The molecule has 76 valence electrons. The van der Waals surface area contributed by atoms with E-state index in [0.717, 1.165) is 0 Å². The second-order valence-corrected chi connectivity index (χ2v) is 3.74. The minimum atomic E-state index is -1.07. The number of likely N-dealkylation sites (N-methyl/N-ethyl adjacent to an activating group) is 1. The zero-order chi connectivity index (χ0) is 10.6. The molecule has 3 heteroatoms. The lowest BCUT2D eigenvalue weighted by Gasteiger charge is -2.23. The van der Waals surface area contributed by atoms with Crippen LogP contribution in [0.5, 0.6) is 0 Å². The Balaban J connectivity index is 4.07. The molecule has 0 aromatic rings. The second-order valence-electron chi connectivity index (χ2n) is 3.74. The van der Waals surface area contributed by atoms with E-state index in [2.05, 4.69) is 6.58 Å². The van der Waals surface area contributed by atoms with E-state index >= 15 is 0 Å². The van der Waals surface area contributed by atoms with Crippen LogP contribution in [0.2, 0.25) is 0 Å². The molecule has 0 aliphatic heterocycles. The minimum absolute atomic E-state index is 0.0945. The molecule has 1 atom stereocenters. The van der Waals surface area contributed by atoms with Crippen molar-refractivity contribution in [3.8, 4) is 0 Å². The maximum absolute atomic E-state index is 13.3. The van der Waals surface area contributed by atoms with Crippen molar-refractivity contribution in [2.24, 2.45) is 5.92 Å². The van der Waals surface area contributed by atoms with Crippen LogP contribution < -0.4 is 0 Å². The number of carbonyl (C=O) groups excluding carboxylic acids is 1. The zero-order valence-electron chi connectivity index (χ0n) is 8.80. The summed E-state index contributed by atoms with van der Waals surface area (Å²) in [5.41, 5.74) is 0.475. The van der Waals surface area contributed by atoms with Crippen LogP contribution in [0, 0.1) is 5.92 Å². The van der Waals surface area contributed by atoms with Crippen LogP contribution in [0.3, 0.4) is 0 Å². The summed E-state index contributed by atoms with van der Waals surface area (Å²) in [6, 6.07) is 0. The van der Waals surface area contributed by atoms with Gasteiger partial charge in [0.25, 0.3) is 0 Å². The van der Waals surface area contributed by atoms with E-state index in [9.17, 15) is 9.18 Å². The number of nitrogens with zero attached hydrogens (tertiary/aromatic N) is 1. The van der Waals surface area contributed by atoms with Crippen LogP contribution in [-0.2, 0) is 4.79 Å². The third kappa shape index (κ3) is 4.18. The molecule has 0 rings (SSSR count). The maximum Gasteiger partial charge on any atom is 0.172 e. The van der Waals surface area contributed by atoms with E-state index < -0.39 is 6.30 Å². The number of Topliss-reactive ketones (excluding diaryl/α,β-unsaturated/α-hetero) is 1. The summed E-state index contributed by atoms with van der Waals surface area (Å²) >= 11 is 0. The van der Waals surface area contributed by atoms with E-state index in [0.29, 0.717) is 5.57 Å². The largest absolute Gasteiger partial charge is 0.293 e. The van der Waals surface area contributed by atoms with Crippen molar-refractivity contribution in [2.45, 2.75) is 27.1 Å². The number of ketones is 1. The van der Waals surface area contributed by atoms with E-state index in [1.807, 2.05) is 0 Å². The predicted octanol–water partition coefficient (Wildman–Crippen LogP) is 2.02. The van der Waals surface area contributed by atoms with Crippen LogP contribution in [0.25, 0.3) is 0 Å². The van der Waals surface area contributed by atoms with Gasteiger partial charge in [0.05, 0.1) is 6.54 Å². The first-order valence-corrected chi connectivity index (χ1v) is 4.39. The monoisotopic (exact) mass is 187 g/mol. The Morgan fingerprint density at radius 3 is 2.31 bits per heavy atom. The van der Waals surface area contributed by atoms with Gasteiger partial charge in [0.1, 0.15) is 0 Å². The molecule has 0 bridgehead atoms. The molecule has 0 spiro atoms. The smallest absolute Gasteiger partial charge is 0.172 e. The second kappa shape index (κ2) is 5.12. The number of alkyl halides is 1. The summed E-state index contributed by atoms with van der Waals surface area (Å²) in [5.74, 6) is -0.200. The first-order chi connectivity index (χ1) is 5.86. The molecule has 0 aliphatic carbocycles. The highest BCUT2D eigenvalue weighted by atomic mass is 19.1. The number of hydrogen-bond acceptors (Lipinski definition) is 2. The van der Waals surface area contributed by atoms with Crippen molar-refractivity contribution in [2.75, 3.05) is 13.6 Å². The Kier molecular flexibility index (Phi) is 4.85. The third-order valence-corrected chi connectivity index (χ3v) is 1.84. The standard InChI is InChI=1S/C10H18FNO/c1-7(2)9(13)6-12(5)10(11)8(3)4/h8,10H,1,6H2,2-5H3. The molecule has 0 heterocycles. The third-order valence-electron chi connectivity index (χ3n) is 1.84. The summed E-state index contributed by atoms with van der Waals surface area (Å²) in [5, 5.41) is 0. The topological polar surface area (TPSA) is 20.3 Å². The normalized spacial score (nSPS) is 13.5. The highest BCUT2D eigenvalue weighted by molar-refractivity contribution is 5.95. The van der Waals surface area contributed by atoms with Gasteiger partial charge in [-0.05, 0) is 25.5 Å². The Labute approximate surface area is 79.4 Å². The molecule has 0 saturated heterocycles. The molecule has 1 unspecified atom stereocenters. The first kappa shape index (κ1) is 12.3. The number of hydrogen-bond donors (Lipinski definition) is 0. The molecule has 0 aromatic carbocycles. The first-order valence-electron chi connectivity index (χ1n) is 4.39. The molecule has 0 saturated carbocycles. The van der Waals surface area contributed by atoms with Crippen LogP contribution >= 0.6 is 0 Å². The van der Waals surface area contributed by atoms with Crippen molar-refractivity contribution in [1.82, 2.24) is 4.90 Å². The van der Waals surface area contributed by atoms with Crippen molar-refractivity contribution in [1.29, 1.82) is 0 Å². The summed E-state index contributed by atoms with van der Waals surface area (Å²) in [6.45, 7) is 8.83. The van der Waals surface area contributed by atoms with Gasteiger partial charge in [-0.3, -0.25) is 9.69 Å². The lowest BCUT2D eigenvalue weighted by Crippen LogP contribution is -2.36. The van der Waals surface area contributed by atoms with Gasteiger partial charge in [-0.2, -0.15) is 0 Å². The van der Waals surface area contributed by atoms with E-state index in [1.165, 1.54) is 4.90 Å². The van der Waals surface area contributed by atoms with Crippen LogP contribution in [0.4, 0.5) is 4.39 Å². The lowest BCUT2D eigenvalue weighted by atomic mass is 10.1. The van der Waals surface area contributed by atoms with E-state index in [-0.39, 0.29) is 18.2 Å². The summed E-state index contributed by atoms with van der Waals surface area (Å²) in [6.07, 6.45) is -1.07. The molecule has 13 heavy (non-hydrogen) atoms. The Morgan fingerprint density at radius 2 is 2.00 bits per heavy atom. The molecule has 0 aliphatic rings. The van der Waals surface area contributed by atoms with Gasteiger partial charge in [-0.1, -0.05) is 20.4 Å². The molecule has 0 radical (unpaired) electrons. The zero-order valence-corrected chi connectivity index (χ0v) is 8.80. The highest BCUT2D eigenvalue weighted by Crippen LogP contribution is 2.10. The van der Waals surface area contributed by atoms with Crippen molar-refractivity contribution >= 4 is 5.78 Å². The molecule has 0 fully saturated rings. The van der Waals surface area contributed by atoms with Gasteiger partial charge in [0.2, 0.25) is 0 Å². The number of halogens is 1. The Hall–Kier alpha value is -0.700. The van der Waals surface area contributed by atoms with Gasteiger partial charge >= 0.3 is 0 Å². The fraction of sp³-hybridized carbons (Fsp3) is 0.700. The average molecular weight is 187 g/mol. The van der Waals surface area contributed by atoms with Crippen LogP contribution in [-0.4, -0.2) is 30.6 Å². The summed E-state index contributed by atoms with van der Waals surface area (Å²) < 4.78 is 13.3. The quantitative estimate of drug-likeness (QED) is 0.485. The van der Waals surface area contributed by atoms with Crippen LogP contribution in [0.15, 0.2) is 12.2 Å². The molecule has 2 nitrogen and oxygen atoms in total. The Morgan fingerprint density at radius 1 is 1.54 bits per heavy atom. The van der Waals surface area contributed by atoms with Crippen molar-refractivity contribution in [3.05, 3.63) is 12.2 Å². The van der Waals surface area contributed by atoms with E-state index in [1.54, 1.807) is 27.8 Å². The van der Waals surface area contributed by atoms with Crippen LogP contribution in [0.1, 0.15) is 20.8 Å². The summed E-state index contributed by atoms with van der Waals surface area (Å²) in [7, 11) is 1.60. The van der Waals surface area contributed by atoms with Gasteiger partial charge in [-0.15, -0.1) is 0 Å². The molecule has 0 aromatic heterocycles. The fourth-order valence-corrected chi connectivity index (χ4v) is 0.958. The maximum atomic E-state index is 13.3. The molecule has 0 N–H and O–H groups in total. The predicted molar refractivity (Wildman–Crippen MR) is 52.2 cm³/mol. The highest BCUT2D eigenvalue weighted by Gasteiger charge is 2.19. The van der Waals surface area contributed by atoms with Crippen molar-refractivity contribution in [3.63, 3.8) is 0 Å². The molecular weight excluding hydrogens is 169 g/mol. The van der Waals surface area contributed by atoms with Gasteiger partial charge in [0.15, 0.2) is 12.1 Å². The molecular formula is C10H18FNO. The van der Waals surface area contributed by atoms with Gasteiger partial charge in [-0.25, -0.2) is 4.39 Å². The average Bonchev–Trinajstić information content (AvgIpc) is 2.02. The number of carbonyl (C=O) groups is 1. The number of rotatable bonds is 5. The summed E-state index contributed by atoms with van der Waals surface area (Å²) in [4.78, 5) is 12.6. The SMILES string of the molecule is C=C(C)C(=O)CN(C)C(F)C(C)C. The Bertz CT molecular complexity index is 201. The lowest BCUT2D eigenvalue weighted by molar-refractivity contribution is -0.118.